The Morgan fingerprint density at radius 1 is 1.35 bits per heavy atom. The van der Waals surface area contributed by atoms with Crippen molar-refractivity contribution in [1.82, 2.24) is 0 Å². The zero-order chi connectivity index (χ0) is 12.3. The number of para-hydroxylation sites is 1. The minimum absolute atomic E-state index is 0.569. The average Bonchev–Trinajstić information content (AvgIpc) is 2.29. The normalized spacial score (nSPS) is 20.0. The molecule has 1 unspecified atom stereocenters. The molecule has 0 spiro atoms. The lowest BCUT2D eigenvalue weighted by Gasteiger charge is -2.37. The van der Waals surface area contributed by atoms with Gasteiger partial charge in [0.25, 0.3) is 0 Å². The fourth-order valence-electron chi connectivity index (χ4n) is 2.49. The van der Waals surface area contributed by atoms with Crippen LogP contribution in [0.2, 0.25) is 0 Å². The highest BCUT2D eigenvalue weighted by Crippen LogP contribution is 2.27. The molecule has 1 nitrogen and oxygen atoms in total. The standard InChI is InChI=1S/C16H21N/c1-13(2)11-16-12-14(3)9-10-17(16)15-7-5-4-6-8-15/h4-9,16H,1,10-12H2,2-3H3. The van der Waals surface area contributed by atoms with E-state index in [4.69, 9.17) is 0 Å². The third-order valence-electron chi connectivity index (χ3n) is 3.31. The van der Waals surface area contributed by atoms with Gasteiger partial charge in [-0.25, -0.2) is 0 Å². The van der Waals surface area contributed by atoms with Gasteiger partial charge in [0.1, 0.15) is 0 Å². The summed E-state index contributed by atoms with van der Waals surface area (Å²) >= 11 is 0. The van der Waals surface area contributed by atoms with E-state index >= 15 is 0 Å². The zero-order valence-electron chi connectivity index (χ0n) is 10.8. The molecule has 1 aromatic rings. The summed E-state index contributed by atoms with van der Waals surface area (Å²) < 4.78 is 0. The van der Waals surface area contributed by atoms with Gasteiger partial charge >= 0.3 is 0 Å². The van der Waals surface area contributed by atoms with Crippen LogP contribution >= 0.6 is 0 Å². The van der Waals surface area contributed by atoms with Gasteiger partial charge in [0.2, 0.25) is 0 Å². The van der Waals surface area contributed by atoms with Crippen LogP contribution in [0.3, 0.4) is 0 Å². The zero-order valence-corrected chi connectivity index (χ0v) is 10.8. The molecule has 1 aliphatic rings. The lowest BCUT2D eigenvalue weighted by atomic mass is 9.95. The summed E-state index contributed by atoms with van der Waals surface area (Å²) in [7, 11) is 0. The van der Waals surface area contributed by atoms with Crippen LogP contribution in [0.15, 0.2) is 54.1 Å². The van der Waals surface area contributed by atoms with Gasteiger partial charge in [-0.2, -0.15) is 0 Å². The molecule has 1 heteroatoms. The predicted octanol–water partition coefficient (Wildman–Crippen LogP) is 4.18. The van der Waals surface area contributed by atoms with Gasteiger partial charge in [-0.3, -0.25) is 0 Å². The second-order valence-corrected chi connectivity index (χ2v) is 5.06. The monoisotopic (exact) mass is 227 g/mol. The third-order valence-corrected chi connectivity index (χ3v) is 3.31. The molecule has 1 heterocycles. The molecule has 0 aliphatic carbocycles. The number of benzene rings is 1. The lowest BCUT2D eigenvalue weighted by molar-refractivity contribution is 0.578. The quantitative estimate of drug-likeness (QED) is 0.700. The van der Waals surface area contributed by atoms with Gasteiger partial charge in [-0.05, 0) is 38.8 Å². The molecule has 0 radical (unpaired) electrons. The summed E-state index contributed by atoms with van der Waals surface area (Å²) in [6, 6.07) is 11.2. The van der Waals surface area contributed by atoms with Gasteiger partial charge < -0.3 is 4.90 Å². The molecular formula is C16H21N. The Balaban J connectivity index is 2.21. The van der Waals surface area contributed by atoms with Crippen LogP contribution in [0.25, 0.3) is 0 Å². The first kappa shape index (κ1) is 12.0. The van der Waals surface area contributed by atoms with Crippen molar-refractivity contribution in [2.45, 2.75) is 32.7 Å². The maximum Gasteiger partial charge on any atom is 0.0371 e. The molecule has 0 aromatic heterocycles. The average molecular weight is 227 g/mol. The molecule has 1 atom stereocenters. The summed E-state index contributed by atoms with van der Waals surface area (Å²) in [5.74, 6) is 0. The molecule has 0 N–H and O–H groups in total. The van der Waals surface area contributed by atoms with Gasteiger partial charge in [-0.15, -0.1) is 6.58 Å². The van der Waals surface area contributed by atoms with Gasteiger partial charge in [0.15, 0.2) is 0 Å². The highest BCUT2D eigenvalue weighted by molar-refractivity contribution is 5.49. The molecule has 90 valence electrons. The van der Waals surface area contributed by atoms with E-state index in [1.807, 2.05) is 0 Å². The van der Waals surface area contributed by atoms with Crippen LogP contribution < -0.4 is 4.90 Å². The first-order valence-corrected chi connectivity index (χ1v) is 6.28. The Bertz CT molecular complexity index is 416. The third kappa shape index (κ3) is 3.00. The summed E-state index contributed by atoms with van der Waals surface area (Å²) in [6.45, 7) is 9.43. The Hall–Kier alpha value is -1.50. The van der Waals surface area contributed by atoms with Gasteiger partial charge in [-0.1, -0.05) is 35.4 Å². The molecule has 0 bridgehead atoms. The molecule has 1 aromatic carbocycles. The van der Waals surface area contributed by atoms with E-state index < -0.39 is 0 Å². The Labute approximate surface area is 104 Å². The molecule has 0 amide bonds. The van der Waals surface area contributed by atoms with Crippen molar-refractivity contribution in [3.63, 3.8) is 0 Å². The molecule has 0 fully saturated rings. The van der Waals surface area contributed by atoms with Crippen molar-refractivity contribution in [3.8, 4) is 0 Å². The van der Waals surface area contributed by atoms with Crippen LogP contribution in [0, 0.1) is 0 Å². The van der Waals surface area contributed by atoms with E-state index in [1.165, 1.54) is 16.8 Å². The highest BCUT2D eigenvalue weighted by atomic mass is 15.2. The highest BCUT2D eigenvalue weighted by Gasteiger charge is 2.21. The number of rotatable bonds is 3. The predicted molar refractivity (Wildman–Crippen MR) is 75.4 cm³/mol. The van der Waals surface area contributed by atoms with E-state index in [-0.39, 0.29) is 0 Å². The summed E-state index contributed by atoms with van der Waals surface area (Å²) in [6.07, 6.45) is 4.57. The fourth-order valence-corrected chi connectivity index (χ4v) is 2.49. The molecule has 2 rings (SSSR count). The van der Waals surface area contributed by atoms with E-state index in [9.17, 15) is 0 Å². The van der Waals surface area contributed by atoms with Gasteiger partial charge in [0.05, 0.1) is 0 Å². The van der Waals surface area contributed by atoms with Crippen LogP contribution in [0.1, 0.15) is 26.7 Å². The molecule has 1 aliphatic heterocycles. The fraction of sp³-hybridized carbons (Fsp3) is 0.375. The van der Waals surface area contributed by atoms with Crippen LogP contribution in [0.4, 0.5) is 5.69 Å². The van der Waals surface area contributed by atoms with Crippen LogP contribution in [0.5, 0.6) is 0 Å². The number of hydrogen-bond acceptors (Lipinski definition) is 1. The van der Waals surface area contributed by atoms with E-state index in [0.717, 1.165) is 19.4 Å². The molecular weight excluding hydrogens is 206 g/mol. The van der Waals surface area contributed by atoms with E-state index in [2.05, 4.69) is 61.7 Å². The second-order valence-electron chi connectivity index (χ2n) is 5.06. The van der Waals surface area contributed by atoms with Crippen molar-refractivity contribution < 1.29 is 0 Å². The Kier molecular flexibility index (Phi) is 3.68. The van der Waals surface area contributed by atoms with E-state index in [1.54, 1.807) is 0 Å². The SMILES string of the molecule is C=C(C)CC1CC(C)=CCN1c1ccccc1. The Morgan fingerprint density at radius 2 is 2.06 bits per heavy atom. The topological polar surface area (TPSA) is 3.24 Å². The van der Waals surface area contributed by atoms with Crippen molar-refractivity contribution in [2.24, 2.45) is 0 Å². The second kappa shape index (κ2) is 5.22. The number of anilines is 1. The smallest absolute Gasteiger partial charge is 0.0371 e. The van der Waals surface area contributed by atoms with Gasteiger partial charge in [0, 0.05) is 18.3 Å². The largest absolute Gasteiger partial charge is 0.364 e. The summed E-state index contributed by atoms with van der Waals surface area (Å²) in [4.78, 5) is 2.49. The van der Waals surface area contributed by atoms with Crippen molar-refractivity contribution >= 4 is 5.69 Å². The summed E-state index contributed by atoms with van der Waals surface area (Å²) in [5.41, 5.74) is 4.09. The molecule has 0 saturated heterocycles. The van der Waals surface area contributed by atoms with Crippen LogP contribution in [-0.4, -0.2) is 12.6 Å². The van der Waals surface area contributed by atoms with Crippen molar-refractivity contribution in [1.29, 1.82) is 0 Å². The van der Waals surface area contributed by atoms with Crippen molar-refractivity contribution in [3.05, 3.63) is 54.1 Å². The lowest BCUT2D eigenvalue weighted by Crippen LogP contribution is -2.38. The maximum atomic E-state index is 4.06. The minimum Gasteiger partial charge on any atom is -0.364 e. The first-order chi connectivity index (χ1) is 8.16. The van der Waals surface area contributed by atoms with E-state index in [0.29, 0.717) is 6.04 Å². The Morgan fingerprint density at radius 3 is 2.71 bits per heavy atom. The van der Waals surface area contributed by atoms with Crippen LogP contribution in [-0.2, 0) is 0 Å². The van der Waals surface area contributed by atoms with Crippen molar-refractivity contribution in [2.75, 3.05) is 11.4 Å². The minimum atomic E-state index is 0.569. The first-order valence-electron chi connectivity index (χ1n) is 6.28. The summed E-state index contributed by atoms with van der Waals surface area (Å²) in [5, 5.41) is 0. The molecule has 0 saturated carbocycles. The number of nitrogens with zero attached hydrogens (tertiary/aromatic N) is 1. The molecule has 17 heavy (non-hydrogen) atoms. The maximum absolute atomic E-state index is 4.06. The number of hydrogen-bond donors (Lipinski definition) is 0.